The summed E-state index contributed by atoms with van der Waals surface area (Å²) in [6, 6.07) is 11.5. The summed E-state index contributed by atoms with van der Waals surface area (Å²) in [5.74, 6) is 0.354. The Kier molecular flexibility index (Phi) is 7.85. The summed E-state index contributed by atoms with van der Waals surface area (Å²) in [5.41, 5.74) is 4.51. The standard InChI is InChI=1S/C32H35N7O3S/c1-5-7-22(6-2)25-18-26(25)33-29(40)19-37-12-14-38(15-13-37)23-9-10-24-27(17-23)39-30(34-31(24)41)32(35-36-39)43(42)28-11-8-20(3)16-21(28)4/h5-11,16-17,25-26,36H,1-2,12-15,18-19H2,3-4H3,(H,33,40)/b22-7+. The third-order valence-corrected chi connectivity index (χ3v) is 9.72. The maximum absolute atomic E-state index is 13.5. The summed E-state index contributed by atoms with van der Waals surface area (Å²) in [4.78, 5) is 35.0. The molecule has 11 heteroatoms. The Bertz CT molecular complexity index is 1870. The number of piperazine rings is 1. The van der Waals surface area contributed by atoms with E-state index in [0.717, 1.165) is 55.0 Å². The number of allylic oxidation sites excluding steroid dienone is 3. The number of aromatic nitrogens is 4. The molecule has 2 aromatic carbocycles. The van der Waals surface area contributed by atoms with Crippen LogP contribution in [0.1, 0.15) is 17.5 Å². The molecule has 6 rings (SSSR count). The van der Waals surface area contributed by atoms with Gasteiger partial charge in [0.1, 0.15) is 10.8 Å². The molecule has 1 saturated heterocycles. The van der Waals surface area contributed by atoms with Crippen molar-refractivity contribution in [1.82, 2.24) is 30.0 Å². The molecule has 1 saturated carbocycles. The number of hydrogen-bond donors (Lipinski definition) is 2. The van der Waals surface area contributed by atoms with Crippen LogP contribution < -0.4 is 15.8 Å². The van der Waals surface area contributed by atoms with Gasteiger partial charge in [0.15, 0.2) is 10.7 Å². The minimum Gasteiger partial charge on any atom is -0.369 e. The predicted octanol–water partition coefficient (Wildman–Crippen LogP) is 3.28. The number of H-pyrrole nitrogens is 1. The summed E-state index contributed by atoms with van der Waals surface area (Å²) in [7, 11) is -1.61. The zero-order valence-electron chi connectivity index (χ0n) is 24.4. The molecule has 3 atom stereocenters. The molecule has 3 unspecified atom stereocenters. The first-order valence-electron chi connectivity index (χ1n) is 14.4. The monoisotopic (exact) mass is 597 g/mol. The number of benzene rings is 2. The summed E-state index contributed by atoms with van der Waals surface area (Å²) in [5, 5.41) is 11.1. The van der Waals surface area contributed by atoms with Crippen molar-refractivity contribution in [3.63, 3.8) is 0 Å². The number of amides is 1. The number of nitrogens with zero attached hydrogens (tertiary/aromatic N) is 5. The fourth-order valence-corrected chi connectivity index (χ4v) is 7.03. The second-order valence-electron chi connectivity index (χ2n) is 11.2. The van der Waals surface area contributed by atoms with Crippen molar-refractivity contribution in [2.75, 3.05) is 37.6 Å². The van der Waals surface area contributed by atoms with Crippen molar-refractivity contribution in [1.29, 1.82) is 0 Å². The molecule has 1 aliphatic heterocycles. The van der Waals surface area contributed by atoms with E-state index in [9.17, 15) is 13.8 Å². The molecule has 1 aliphatic carbocycles. The van der Waals surface area contributed by atoms with Crippen molar-refractivity contribution in [3.8, 4) is 0 Å². The zero-order chi connectivity index (χ0) is 30.2. The fraction of sp³-hybridized carbons (Fsp3) is 0.312. The highest BCUT2D eigenvalue weighted by Gasteiger charge is 2.40. The maximum atomic E-state index is 13.5. The number of rotatable bonds is 9. The third kappa shape index (κ3) is 5.70. The second kappa shape index (κ2) is 11.7. The van der Waals surface area contributed by atoms with Crippen LogP contribution in [0.15, 0.2) is 88.1 Å². The van der Waals surface area contributed by atoms with Gasteiger partial charge in [0.2, 0.25) is 5.91 Å². The molecule has 2 fully saturated rings. The average molecular weight is 598 g/mol. The van der Waals surface area contributed by atoms with Gasteiger partial charge in [-0.3, -0.25) is 14.5 Å². The van der Waals surface area contributed by atoms with Gasteiger partial charge in [-0.2, -0.15) is 4.98 Å². The van der Waals surface area contributed by atoms with Crippen molar-refractivity contribution < 1.29 is 9.00 Å². The average Bonchev–Trinajstić information content (AvgIpc) is 3.61. The number of carbonyl (C=O) groups is 1. The molecule has 3 heterocycles. The number of hydrogen-bond acceptors (Lipinski definition) is 7. The summed E-state index contributed by atoms with van der Waals surface area (Å²) in [6.07, 6.45) is 6.47. The molecule has 2 aromatic heterocycles. The van der Waals surface area contributed by atoms with Gasteiger partial charge in [0, 0.05) is 48.7 Å². The largest absolute Gasteiger partial charge is 0.369 e. The van der Waals surface area contributed by atoms with E-state index in [1.165, 1.54) is 0 Å². The lowest BCUT2D eigenvalue weighted by Crippen LogP contribution is -2.49. The highest BCUT2D eigenvalue weighted by Crippen LogP contribution is 2.37. The Hall–Kier alpha value is -4.35. The second-order valence-corrected chi connectivity index (χ2v) is 12.6. The number of fused-ring (bicyclic) bond motifs is 3. The van der Waals surface area contributed by atoms with Gasteiger partial charge in [0.05, 0.1) is 17.4 Å². The van der Waals surface area contributed by atoms with E-state index in [-0.39, 0.29) is 22.6 Å². The molecule has 4 aromatic rings. The Morgan fingerprint density at radius 2 is 1.93 bits per heavy atom. The van der Waals surface area contributed by atoms with Gasteiger partial charge in [0.25, 0.3) is 5.56 Å². The van der Waals surface area contributed by atoms with Crippen LogP contribution in [0.5, 0.6) is 0 Å². The van der Waals surface area contributed by atoms with Gasteiger partial charge in [-0.1, -0.05) is 49.1 Å². The zero-order valence-corrected chi connectivity index (χ0v) is 25.2. The first-order valence-corrected chi connectivity index (χ1v) is 15.5. The van der Waals surface area contributed by atoms with E-state index >= 15 is 0 Å². The summed E-state index contributed by atoms with van der Waals surface area (Å²) in [6.45, 7) is 14.8. The Labute approximate surface area is 252 Å². The Morgan fingerprint density at radius 3 is 2.65 bits per heavy atom. The first kappa shape index (κ1) is 28.8. The lowest BCUT2D eigenvalue weighted by molar-refractivity contribution is -0.122. The van der Waals surface area contributed by atoms with Crippen LogP contribution in [0.25, 0.3) is 16.6 Å². The predicted molar refractivity (Wildman–Crippen MR) is 169 cm³/mol. The van der Waals surface area contributed by atoms with Crippen molar-refractivity contribution in [2.24, 2.45) is 5.92 Å². The van der Waals surface area contributed by atoms with Crippen LogP contribution in [0.4, 0.5) is 5.69 Å². The molecule has 10 nitrogen and oxygen atoms in total. The van der Waals surface area contributed by atoms with Crippen LogP contribution in [-0.2, 0) is 15.6 Å². The normalized spacial score (nSPS) is 19.9. The summed E-state index contributed by atoms with van der Waals surface area (Å²) < 4.78 is 15.1. The topological polar surface area (TPSA) is 116 Å². The van der Waals surface area contributed by atoms with Gasteiger partial charge in [-0.15, -0.1) is 5.10 Å². The minimum absolute atomic E-state index is 0.0382. The van der Waals surface area contributed by atoms with E-state index in [2.05, 4.69) is 43.6 Å². The maximum Gasteiger partial charge on any atom is 0.281 e. The van der Waals surface area contributed by atoms with E-state index in [4.69, 9.17) is 0 Å². The molecule has 0 spiro atoms. The van der Waals surface area contributed by atoms with E-state index in [1.54, 1.807) is 16.7 Å². The molecule has 0 radical (unpaired) electrons. The van der Waals surface area contributed by atoms with E-state index in [1.807, 2.05) is 56.3 Å². The number of aromatic amines is 1. The molecule has 2 aliphatic rings. The molecule has 1 amide bonds. The lowest BCUT2D eigenvalue weighted by atomic mass is 10.1. The van der Waals surface area contributed by atoms with Gasteiger partial charge in [-0.05, 0) is 55.7 Å². The number of aryl methyl sites for hydroxylation is 2. The van der Waals surface area contributed by atoms with Crippen LogP contribution in [0.2, 0.25) is 0 Å². The molecule has 2 N–H and O–H groups in total. The smallest absolute Gasteiger partial charge is 0.281 e. The Balaban J connectivity index is 1.15. The molecule has 43 heavy (non-hydrogen) atoms. The van der Waals surface area contributed by atoms with E-state index < -0.39 is 16.4 Å². The van der Waals surface area contributed by atoms with E-state index in [0.29, 0.717) is 28.3 Å². The van der Waals surface area contributed by atoms with Crippen LogP contribution in [-0.4, -0.2) is 73.6 Å². The highest BCUT2D eigenvalue weighted by atomic mass is 32.2. The first-order chi connectivity index (χ1) is 20.8. The van der Waals surface area contributed by atoms with Crippen LogP contribution >= 0.6 is 0 Å². The lowest BCUT2D eigenvalue weighted by Gasteiger charge is -2.35. The number of carbonyl (C=O) groups excluding carboxylic acids is 1. The van der Waals surface area contributed by atoms with Gasteiger partial charge < -0.3 is 10.2 Å². The van der Waals surface area contributed by atoms with Crippen molar-refractivity contribution in [2.45, 2.75) is 36.2 Å². The molecule has 0 bridgehead atoms. The Morgan fingerprint density at radius 1 is 1.14 bits per heavy atom. The fourth-order valence-electron chi connectivity index (χ4n) is 5.85. The quantitative estimate of drug-likeness (QED) is 0.285. The van der Waals surface area contributed by atoms with Crippen LogP contribution in [0, 0.1) is 19.8 Å². The SMILES string of the molecule is C=C/C=C(\C=C)C1CC1NC(=O)CN1CCN(c2ccc3c(=O)nc4c(S(=O)c5ccc(C)cc5C)n[nH]n4c3c2)CC1. The molecule has 222 valence electrons. The van der Waals surface area contributed by atoms with Crippen LogP contribution in [0.3, 0.4) is 0 Å². The number of nitrogens with one attached hydrogen (secondary N) is 2. The van der Waals surface area contributed by atoms with Crippen molar-refractivity contribution >= 4 is 38.9 Å². The van der Waals surface area contributed by atoms with Gasteiger partial charge in [-0.25, -0.2) is 13.9 Å². The molecular weight excluding hydrogens is 562 g/mol. The molecular formula is C32H35N7O3S. The summed E-state index contributed by atoms with van der Waals surface area (Å²) >= 11 is 0. The highest BCUT2D eigenvalue weighted by molar-refractivity contribution is 7.85. The number of anilines is 1. The third-order valence-electron chi connectivity index (χ3n) is 8.24. The minimum atomic E-state index is -1.61. The van der Waals surface area contributed by atoms with Gasteiger partial charge >= 0.3 is 0 Å². The van der Waals surface area contributed by atoms with Crippen molar-refractivity contribution in [3.05, 3.63) is 94.8 Å².